The van der Waals surface area contributed by atoms with Gasteiger partial charge in [0.15, 0.2) is 0 Å². The maximum absolute atomic E-state index is 14.0. The van der Waals surface area contributed by atoms with Crippen LogP contribution in [-0.4, -0.2) is 57.1 Å². The van der Waals surface area contributed by atoms with E-state index in [2.05, 4.69) is 5.32 Å². The number of carbonyl (C=O) groups excluding carboxylic acids is 2. The molecule has 2 amide bonds. The van der Waals surface area contributed by atoms with Crippen molar-refractivity contribution in [3.8, 4) is 5.75 Å². The zero-order chi connectivity index (χ0) is 31.6. The van der Waals surface area contributed by atoms with Crippen LogP contribution in [-0.2, 0) is 32.6 Å². The van der Waals surface area contributed by atoms with Crippen LogP contribution in [0.15, 0.2) is 72.8 Å². The molecule has 0 aliphatic heterocycles. The minimum absolute atomic E-state index is 0.0000521. The second-order valence-corrected chi connectivity index (χ2v) is 13.2. The summed E-state index contributed by atoms with van der Waals surface area (Å²) in [6.45, 7) is 4.07. The van der Waals surface area contributed by atoms with Crippen LogP contribution in [0.1, 0.15) is 44.2 Å². The van der Waals surface area contributed by atoms with Crippen molar-refractivity contribution in [1.29, 1.82) is 0 Å². The Bertz CT molecular complexity index is 1490. The normalized spacial score (nSPS) is 12.7. The van der Waals surface area contributed by atoms with Crippen molar-refractivity contribution in [2.24, 2.45) is 0 Å². The molecule has 0 aliphatic carbocycles. The highest BCUT2D eigenvalue weighted by Crippen LogP contribution is 2.31. The van der Waals surface area contributed by atoms with Crippen LogP contribution in [0.4, 0.5) is 5.69 Å². The van der Waals surface area contributed by atoms with Crippen LogP contribution in [0, 0.1) is 0 Å². The number of carbonyl (C=O) groups is 2. The summed E-state index contributed by atoms with van der Waals surface area (Å²) >= 11 is 12.4. The van der Waals surface area contributed by atoms with E-state index in [1.165, 1.54) is 12.1 Å². The Kier molecular flexibility index (Phi) is 12.7. The van der Waals surface area contributed by atoms with Crippen molar-refractivity contribution in [3.05, 3.63) is 94.0 Å². The maximum atomic E-state index is 14.0. The average Bonchev–Trinajstić information content (AvgIpc) is 2.98. The molecule has 0 aliphatic rings. The van der Waals surface area contributed by atoms with Crippen LogP contribution >= 0.6 is 23.2 Å². The van der Waals surface area contributed by atoms with E-state index >= 15 is 0 Å². The molecule has 11 heteroatoms. The lowest BCUT2D eigenvalue weighted by Crippen LogP contribution is -2.52. The fraction of sp³-hybridized carbons (Fsp3) is 0.375. The molecular weight excluding hydrogens is 609 g/mol. The first kappa shape index (κ1) is 34.2. The zero-order valence-corrected chi connectivity index (χ0v) is 27.3. The Hall–Kier alpha value is -3.27. The third kappa shape index (κ3) is 10.2. The second kappa shape index (κ2) is 16.0. The summed E-state index contributed by atoms with van der Waals surface area (Å²) in [5.41, 5.74) is 1.95. The van der Waals surface area contributed by atoms with Gasteiger partial charge in [-0.2, -0.15) is 0 Å². The maximum Gasteiger partial charge on any atom is 0.243 e. The first-order valence-electron chi connectivity index (χ1n) is 14.1. The van der Waals surface area contributed by atoms with Crippen molar-refractivity contribution >= 4 is 50.7 Å². The molecule has 2 unspecified atom stereocenters. The third-order valence-corrected chi connectivity index (χ3v) is 8.82. The number of methoxy groups -OCH3 is 1. The van der Waals surface area contributed by atoms with Crippen molar-refractivity contribution in [3.63, 3.8) is 0 Å². The van der Waals surface area contributed by atoms with Gasteiger partial charge in [-0.3, -0.25) is 13.9 Å². The highest BCUT2D eigenvalue weighted by atomic mass is 35.5. The molecule has 0 saturated heterocycles. The molecular formula is C32H39Cl2N3O5S. The van der Waals surface area contributed by atoms with Crippen molar-refractivity contribution in [1.82, 2.24) is 10.2 Å². The smallest absolute Gasteiger partial charge is 0.243 e. The number of ether oxygens (including phenoxy) is 1. The van der Waals surface area contributed by atoms with Gasteiger partial charge in [0.1, 0.15) is 11.8 Å². The van der Waals surface area contributed by atoms with Gasteiger partial charge in [0.05, 0.1) is 24.1 Å². The monoisotopic (exact) mass is 647 g/mol. The summed E-state index contributed by atoms with van der Waals surface area (Å²) in [6.07, 6.45) is 2.31. The molecule has 0 bridgehead atoms. The molecule has 3 aromatic carbocycles. The van der Waals surface area contributed by atoms with Gasteiger partial charge in [-0.25, -0.2) is 8.42 Å². The van der Waals surface area contributed by atoms with E-state index in [4.69, 9.17) is 27.9 Å². The van der Waals surface area contributed by atoms with Crippen LogP contribution < -0.4 is 14.4 Å². The molecule has 1 N–H and O–H groups in total. The Morgan fingerprint density at radius 3 is 2.33 bits per heavy atom. The molecule has 0 saturated carbocycles. The Morgan fingerprint density at radius 1 is 0.977 bits per heavy atom. The topological polar surface area (TPSA) is 96.0 Å². The molecule has 0 fully saturated rings. The van der Waals surface area contributed by atoms with E-state index in [-0.39, 0.29) is 54.5 Å². The highest BCUT2D eigenvalue weighted by molar-refractivity contribution is 7.92. The van der Waals surface area contributed by atoms with Crippen LogP contribution in [0.3, 0.4) is 0 Å². The van der Waals surface area contributed by atoms with Gasteiger partial charge in [0, 0.05) is 37.0 Å². The van der Waals surface area contributed by atoms with Crippen LogP contribution in [0.2, 0.25) is 10.0 Å². The van der Waals surface area contributed by atoms with Crippen molar-refractivity contribution in [2.45, 2.75) is 58.2 Å². The lowest BCUT2D eigenvalue weighted by molar-refractivity contribution is -0.141. The number of halogens is 2. The molecule has 0 radical (unpaired) electrons. The second-order valence-electron chi connectivity index (χ2n) is 10.4. The quantitative estimate of drug-likeness (QED) is 0.215. The molecule has 3 aromatic rings. The predicted octanol–water partition coefficient (Wildman–Crippen LogP) is 6.10. The van der Waals surface area contributed by atoms with Crippen molar-refractivity contribution < 1.29 is 22.7 Å². The first-order valence-corrected chi connectivity index (χ1v) is 16.7. The number of anilines is 1. The molecule has 43 heavy (non-hydrogen) atoms. The number of benzene rings is 3. The van der Waals surface area contributed by atoms with Gasteiger partial charge in [-0.15, -0.1) is 0 Å². The number of hydrogen-bond donors (Lipinski definition) is 1. The molecule has 0 heterocycles. The zero-order valence-electron chi connectivity index (χ0n) is 24.9. The molecule has 0 aromatic heterocycles. The summed E-state index contributed by atoms with van der Waals surface area (Å²) in [7, 11) is -2.16. The predicted molar refractivity (Wildman–Crippen MR) is 173 cm³/mol. The molecule has 232 valence electrons. The largest absolute Gasteiger partial charge is 0.497 e. The number of sulfonamides is 1. The summed E-state index contributed by atoms with van der Waals surface area (Å²) in [5, 5.41) is 3.61. The fourth-order valence-electron chi connectivity index (χ4n) is 4.62. The summed E-state index contributed by atoms with van der Waals surface area (Å²) in [5.74, 6) is 0.0994. The van der Waals surface area contributed by atoms with E-state index in [9.17, 15) is 18.0 Å². The Labute approximate surface area is 265 Å². The summed E-state index contributed by atoms with van der Waals surface area (Å²) in [6, 6.07) is 20.6. The Morgan fingerprint density at radius 2 is 1.67 bits per heavy atom. The number of hydrogen-bond acceptors (Lipinski definition) is 5. The van der Waals surface area contributed by atoms with Gasteiger partial charge in [-0.1, -0.05) is 72.6 Å². The van der Waals surface area contributed by atoms with E-state index in [1.54, 1.807) is 18.1 Å². The van der Waals surface area contributed by atoms with E-state index in [1.807, 2.05) is 68.4 Å². The van der Waals surface area contributed by atoms with Gasteiger partial charge in [0.2, 0.25) is 21.8 Å². The molecule has 8 nitrogen and oxygen atoms in total. The number of nitrogens with zero attached hydrogens (tertiary/aromatic N) is 2. The van der Waals surface area contributed by atoms with Gasteiger partial charge in [-0.05, 0) is 61.2 Å². The van der Waals surface area contributed by atoms with Crippen LogP contribution in [0.25, 0.3) is 0 Å². The standard InChI is InChI=1S/C32H39Cl2N3O5S/c1-5-23(2)35-32(39)30(20-24-11-7-6-8-12-24)36(22-25-13-9-14-27(19-25)42-3)31(38)15-10-18-37(43(4,40)41)29-21-26(33)16-17-28(29)34/h6-9,11-14,16-17,19,21,23,30H,5,10,15,18,20,22H2,1-4H3,(H,35,39). The lowest BCUT2D eigenvalue weighted by atomic mass is 10.0. The molecule has 2 atom stereocenters. The SMILES string of the molecule is CCC(C)NC(=O)C(Cc1ccccc1)N(Cc1cccc(OC)c1)C(=O)CCCN(c1cc(Cl)ccc1Cl)S(C)(=O)=O. The Balaban J connectivity index is 1.93. The molecule has 3 rings (SSSR count). The van der Waals surface area contributed by atoms with Crippen LogP contribution in [0.5, 0.6) is 5.75 Å². The molecule has 0 spiro atoms. The number of nitrogens with one attached hydrogen (secondary N) is 1. The number of amides is 2. The highest BCUT2D eigenvalue weighted by Gasteiger charge is 2.31. The van der Waals surface area contributed by atoms with Crippen molar-refractivity contribution in [2.75, 3.05) is 24.2 Å². The van der Waals surface area contributed by atoms with E-state index < -0.39 is 16.1 Å². The first-order chi connectivity index (χ1) is 20.4. The summed E-state index contributed by atoms with van der Waals surface area (Å²) in [4.78, 5) is 29.3. The minimum atomic E-state index is -3.73. The van der Waals surface area contributed by atoms with Gasteiger partial charge < -0.3 is 15.0 Å². The van der Waals surface area contributed by atoms with E-state index in [0.717, 1.165) is 28.1 Å². The lowest BCUT2D eigenvalue weighted by Gasteiger charge is -2.33. The van der Waals surface area contributed by atoms with Gasteiger partial charge >= 0.3 is 0 Å². The summed E-state index contributed by atoms with van der Waals surface area (Å²) < 4.78 is 31.9. The third-order valence-electron chi connectivity index (χ3n) is 7.09. The van der Waals surface area contributed by atoms with Gasteiger partial charge in [0.25, 0.3) is 0 Å². The van der Waals surface area contributed by atoms with E-state index in [0.29, 0.717) is 17.2 Å². The average molecular weight is 649 g/mol. The minimum Gasteiger partial charge on any atom is -0.497 e. The fourth-order valence-corrected chi connectivity index (χ4v) is 6.03. The number of rotatable bonds is 15.